The molecule has 0 saturated heterocycles. The number of aliphatic hydroxyl groups is 4. The van der Waals surface area contributed by atoms with Gasteiger partial charge in [0.1, 0.15) is 36.6 Å². The van der Waals surface area contributed by atoms with Crippen LogP contribution in [0.4, 0.5) is 0 Å². The number of rotatable bonds is 4. The lowest BCUT2D eigenvalue weighted by Crippen LogP contribution is -2.65. The first-order valence-electron chi connectivity index (χ1n) is 4.96. The molecule has 0 radical (unpaired) electrons. The largest absolute Gasteiger partial charge is 0.790 e. The second-order valence-electron chi connectivity index (χ2n) is 4.00. The first-order chi connectivity index (χ1) is 8.83. The zero-order chi connectivity index (χ0) is 15.9. The Labute approximate surface area is 111 Å². The third-order valence-corrected chi connectivity index (χ3v) is 3.55. The molecule has 0 aliphatic heterocycles. The highest BCUT2D eigenvalue weighted by Crippen LogP contribution is 2.40. The number of hydrogen-bond acceptors (Lipinski definition) is 12. The zero-order valence-corrected chi connectivity index (χ0v) is 11.2. The number of aliphatic hydroxyl groups excluding tert-OH is 4. The van der Waals surface area contributed by atoms with Crippen LogP contribution in [0.5, 0.6) is 0 Å². The van der Waals surface area contributed by atoms with Crippen LogP contribution in [0, 0.1) is 0 Å². The number of phosphoric ester groups is 2. The fourth-order valence-electron chi connectivity index (χ4n) is 1.72. The van der Waals surface area contributed by atoms with Crippen molar-refractivity contribution >= 4 is 15.6 Å². The predicted molar refractivity (Wildman–Crippen MR) is 49.0 cm³/mol. The third-order valence-electron chi connectivity index (χ3n) is 2.55. The molecule has 1 aliphatic rings. The maximum absolute atomic E-state index is 10.5. The maximum Gasteiger partial charge on any atom is 0.120 e. The standard InChI is InChI=1S/C6H14O12P2/c7-1-2(8)4(10)6(18-20(14,15)16)5(3(1)9)17-19(11,12)13/h1-10H,(H2,11,12,13)(H2,14,15,16)/p-4/t1-,2-,3-,4+,5-,6-/m0/s1. The molecule has 120 valence electrons. The monoisotopic (exact) mass is 336 g/mol. The van der Waals surface area contributed by atoms with E-state index in [0.29, 0.717) is 0 Å². The third kappa shape index (κ3) is 4.53. The number of phosphoric acid groups is 2. The lowest BCUT2D eigenvalue weighted by atomic mass is 9.85. The molecule has 0 heterocycles. The van der Waals surface area contributed by atoms with Crippen LogP contribution >= 0.6 is 15.6 Å². The van der Waals surface area contributed by atoms with E-state index in [-0.39, 0.29) is 0 Å². The quantitative estimate of drug-likeness (QED) is 0.352. The Morgan fingerprint density at radius 2 is 0.900 bits per heavy atom. The Morgan fingerprint density at radius 3 is 1.10 bits per heavy atom. The summed E-state index contributed by atoms with van der Waals surface area (Å²) in [5.74, 6) is 0. The molecule has 0 aromatic rings. The van der Waals surface area contributed by atoms with Crippen LogP contribution in [-0.4, -0.2) is 57.0 Å². The van der Waals surface area contributed by atoms with E-state index in [1.54, 1.807) is 0 Å². The first kappa shape index (κ1) is 18.1. The normalized spacial score (nSPS) is 39.8. The zero-order valence-electron chi connectivity index (χ0n) is 9.41. The summed E-state index contributed by atoms with van der Waals surface area (Å²) in [4.78, 5) is 41.9. The minimum Gasteiger partial charge on any atom is -0.790 e. The van der Waals surface area contributed by atoms with Gasteiger partial charge in [-0.25, -0.2) is 0 Å². The summed E-state index contributed by atoms with van der Waals surface area (Å²) in [7, 11) is -11.6. The van der Waals surface area contributed by atoms with E-state index in [1.807, 2.05) is 0 Å². The van der Waals surface area contributed by atoms with E-state index in [0.717, 1.165) is 0 Å². The van der Waals surface area contributed by atoms with Crippen LogP contribution in [0.1, 0.15) is 0 Å². The van der Waals surface area contributed by atoms with E-state index >= 15 is 0 Å². The fourth-order valence-corrected chi connectivity index (χ4v) is 2.81. The second kappa shape index (κ2) is 6.05. The van der Waals surface area contributed by atoms with Crippen molar-refractivity contribution in [3.63, 3.8) is 0 Å². The van der Waals surface area contributed by atoms with Crippen molar-refractivity contribution in [2.45, 2.75) is 36.6 Å². The van der Waals surface area contributed by atoms with Crippen LogP contribution in [0.3, 0.4) is 0 Å². The maximum atomic E-state index is 10.5. The molecule has 4 N–H and O–H groups in total. The van der Waals surface area contributed by atoms with Crippen LogP contribution in [0.25, 0.3) is 0 Å². The molecule has 0 spiro atoms. The molecule has 0 aromatic carbocycles. The lowest BCUT2D eigenvalue weighted by Gasteiger charge is -2.48. The molecule has 1 saturated carbocycles. The van der Waals surface area contributed by atoms with Gasteiger partial charge in [-0.3, -0.25) is 0 Å². The molecule has 20 heavy (non-hydrogen) atoms. The highest BCUT2D eigenvalue weighted by Gasteiger charge is 2.51. The van der Waals surface area contributed by atoms with Crippen molar-refractivity contribution in [3.8, 4) is 0 Å². The van der Waals surface area contributed by atoms with Gasteiger partial charge in [-0.2, -0.15) is 0 Å². The van der Waals surface area contributed by atoms with Gasteiger partial charge in [-0.15, -0.1) is 0 Å². The smallest absolute Gasteiger partial charge is 0.120 e. The summed E-state index contributed by atoms with van der Waals surface area (Å²) in [6, 6.07) is 0. The van der Waals surface area contributed by atoms with Crippen molar-refractivity contribution in [2.75, 3.05) is 0 Å². The Bertz CT molecular complexity index is 388. The minimum absolute atomic E-state index is 2.17. The molecular formula is C6H10O12P2-4. The Morgan fingerprint density at radius 1 is 0.650 bits per heavy atom. The Balaban J connectivity index is 3.09. The summed E-state index contributed by atoms with van der Waals surface area (Å²) in [5.41, 5.74) is 0. The van der Waals surface area contributed by atoms with E-state index in [1.165, 1.54) is 0 Å². The second-order valence-corrected chi connectivity index (χ2v) is 6.21. The van der Waals surface area contributed by atoms with Crippen molar-refractivity contribution in [1.82, 2.24) is 0 Å². The molecule has 1 fully saturated rings. The molecule has 0 amide bonds. The van der Waals surface area contributed by atoms with Crippen LogP contribution in [0.15, 0.2) is 0 Å². The van der Waals surface area contributed by atoms with Crippen LogP contribution in [0.2, 0.25) is 0 Å². The average Bonchev–Trinajstić information content (AvgIpc) is 2.25. The van der Waals surface area contributed by atoms with Gasteiger partial charge in [0.15, 0.2) is 0 Å². The molecule has 0 unspecified atom stereocenters. The highest BCUT2D eigenvalue weighted by atomic mass is 31.2. The van der Waals surface area contributed by atoms with Crippen molar-refractivity contribution in [3.05, 3.63) is 0 Å². The van der Waals surface area contributed by atoms with Gasteiger partial charge >= 0.3 is 0 Å². The predicted octanol–water partition coefficient (Wildman–Crippen LogP) is -6.13. The first-order valence-corrected chi connectivity index (χ1v) is 7.89. The molecule has 0 bridgehead atoms. The SMILES string of the molecule is O=P([O-])([O-])O[C@H]1[C@H](O)[C@@H](O)[C@H](O)[C@H](O)[C@@H]1OP(=O)([O-])[O-]. The molecule has 0 aromatic heterocycles. The Kier molecular flexibility index (Phi) is 5.48. The Hall–Kier alpha value is 0.0600. The summed E-state index contributed by atoms with van der Waals surface area (Å²) in [6.07, 6.45) is -13.7. The summed E-state index contributed by atoms with van der Waals surface area (Å²) in [6.45, 7) is 0. The van der Waals surface area contributed by atoms with Gasteiger partial charge in [0, 0.05) is 0 Å². The van der Waals surface area contributed by atoms with Crippen LogP contribution < -0.4 is 19.6 Å². The molecule has 1 aliphatic carbocycles. The van der Waals surface area contributed by atoms with Crippen molar-refractivity contribution in [2.24, 2.45) is 0 Å². The van der Waals surface area contributed by atoms with Crippen LogP contribution in [-0.2, 0) is 18.2 Å². The molecule has 12 nitrogen and oxygen atoms in total. The van der Waals surface area contributed by atoms with Crippen molar-refractivity contribution < 1.29 is 58.2 Å². The fraction of sp³-hybridized carbons (Fsp3) is 1.00. The lowest BCUT2D eigenvalue weighted by molar-refractivity contribution is -0.366. The molecular weight excluding hydrogens is 326 g/mol. The van der Waals surface area contributed by atoms with Gasteiger partial charge in [-0.05, 0) is 0 Å². The minimum atomic E-state index is -5.78. The van der Waals surface area contributed by atoms with Crippen molar-refractivity contribution in [1.29, 1.82) is 0 Å². The topological polar surface area (TPSA) is 226 Å². The number of hydrogen-bond donors (Lipinski definition) is 4. The summed E-state index contributed by atoms with van der Waals surface area (Å²) < 4.78 is 28.5. The van der Waals surface area contributed by atoms with Gasteiger partial charge in [0.2, 0.25) is 0 Å². The average molecular weight is 336 g/mol. The molecule has 14 heteroatoms. The molecule has 1 rings (SSSR count). The van der Waals surface area contributed by atoms with Gasteiger partial charge in [-0.1, -0.05) is 0 Å². The van der Waals surface area contributed by atoms with Gasteiger partial charge in [0.25, 0.3) is 0 Å². The van der Waals surface area contributed by atoms with E-state index < -0.39 is 52.3 Å². The van der Waals surface area contributed by atoms with Gasteiger partial charge in [0.05, 0.1) is 15.6 Å². The molecule has 6 atom stereocenters. The van der Waals surface area contributed by atoms with E-state index in [4.69, 9.17) is 0 Å². The summed E-state index contributed by atoms with van der Waals surface area (Å²) >= 11 is 0. The van der Waals surface area contributed by atoms with E-state index in [9.17, 15) is 49.1 Å². The van der Waals surface area contributed by atoms with E-state index in [2.05, 4.69) is 9.05 Å². The summed E-state index contributed by atoms with van der Waals surface area (Å²) in [5, 5.41) is 37.4. The highest BCUT2D eigenvalue weighted by molar-refractivity contribution is 7.43. The van der Waals surface area contributed by atoms with Gasteiger partial charge < -0.3 is 58.2 Å².